The summed E-state index contributed by atoms with van der Waals surface area (Å²) in [5, 5.41) is 7.10. The Morgan fingerprint density at radius 1 is 1.05 bits per heavy atom. The number of nitrogens with zero attached hydrogens (tertiary/aromatic N) is 1. The zero-order valence-corrected chi connectivity index (χ0v) is 13.0. The summed E-state index contributed by atoms with van der Waals surface area (Å²) in [6.45, 7) is 6.05. The van der Waals surface area contributed by atoms with Crippen LogP contribution in [-0.2, 0) is 9.84 Å². The molecule has 1 aliphatic heterocycles. The van der Waals surface area contributed by atoms with Crippen LogP contribution in [0.15, 0.2) is 40.1 Å². The molecule has 0 spiro atoms. The Balaban J connectivity index is 0.000000497. The highest BCUT2D eigenvalue weighted by molar-refractivity contribution is 7.97. The summed E-state index contributed by atoms with van der Waals surface area (Å²) >= 11 is 0. The Kier molecular flexibility index (Phi) is 3.75. The standard InChI is InChI=1S/C15H14O2S.CH2N2/c1-9-5-4-6-12(11(9)3)14-10(2)7-8-13-15(14)18(13,16)17;2-1-3/h4-8H,1-3H3;2H2. The Hall–Kier alpha value is -2.32. The number of benzene rings is 2. The van der Waals surface area contributed by atoms with Crippen molar-refractivity contribution >= 4 is 9.84 Å². The zero-order chi connectivity index (χ0) is 15.8. The fourth-order valence-electron chi connectivity index (χ4n) is 2.45. The van der Waals surface area contributed by atoms with Gasteiger partial charge in [-0.1, -0.05) is 24.3 Å². The molecule has 5 heteroatoms. The minimum Gasteiger partial charge on any atom is -0.337 e. The van der Waals surface area contributed by atoms with E-state index >= 15 is 0 Å². The van der Waals surface area contributed by atoms with Gasteiger partial charge in [0.05, 0.1) is 9.79 Å². The van der Waals surface area contributed by atoms with Gasteiger partial charge < -0.3 is 5.73 Å². The lowest BCUT2D eigenvalue weighted by Crippen LogP contribution is -1.89. The fraction of sp³-hybridized carbons (Fsp3) is 0.188. The number of nitrogens with two attached hydrogens (primary N) is 1. The molecule has 0 aromatic heterocycles. The molecular weight excluding hydrogens is 284 g/mol. The normalized spacial score (nSPS) is 13.4. The highest BCUT2D eigenvalue weighted by atomic mass is 32.2. The molecule has 1 heterocycles. The van der Waals surface area contributed by atoms with E-state index in [9.17, 15) is 8.42 Å². The second kappa shape index (κ2) is 5.23. The first-order chi connectivity index (χ1) is 9.86. The maximum atomic E-state index is 11.9. The van der Waals surface area contributed by atoms with Crippen molar-refractivity contribution in [2.24, 2.45) is 5.73 Å². The van der Waals surface area contributed by atoms with E-state index in [1.165, 1.54) is 11.8 Å². The summed E-state index contributed by atoms with van der Waals surface area (Å²) in [5.41, 5.74) is 9.42. The first-order valence-electron chi connectivity index (χ1n) is 6.41. The fourth-order valence-corrected chi connectivity index (χ4v) is 4.03. The van der Waals surface area contributed by atoms with Crippen LogP contribution in [0.1, 0.15) is 16.7 Å². The third-order valence-electron chi connectivity index (χ3n) is 3.72. The lowest BCUT2D eigenvalue weighted by Gasteiger charge is -2.10. The van der Waals surface area contributed by atoms with Crippen molar-refractivity contribution in [3.63, 3.8) is 0 Å². The van der Waals surface area contributed by atoms with Crippen molar-refractivity contribution in [3.05, 3.63) is 47.0 Å². The smallest absolute Gasteiger partial charge is 0.209 e. The molecule has 0 radical (unpaired) electrons. The average Bonchev–Trinajstić information content (AvgIpc) is 2.97. The van der Waals surface area contributed by atoms with Gasteiger partial charge in [0.25, 0.3) is 0 Å². The Bertz CT molecular complexity index is 863. The second-order valence-corrected chi connectivity index (χ2v) is 6.82. The van der Waals surface area contributed by atoms with Crippen LogP contribution < -0.4 is 5.73 Å². The molecule has 0 amide bonds. The van der Waals surface area contributed by atoms with Crippen LogP contribution in [-0.4, -0.2) is 8.42 Å². The van der Waals surface area contributed by atoms with Crippen LogP contribution in [0, 0.1) is 32.2 Å². The van der Waals surface area contributed by atoms with E-state index in [-0.39, 0.29) is 0 Å². The van der Waals surface area contributed by atoms with Crippen molar-refractivity contribution in [2.75, 3.05) is 0 Å². The molecule has 2 aromatic carbocycles. The summed E-state index contributed by atoms with van der Waals surface area (Å²) in [5.74, 6) is 0. The molecule has 2 aromatic rings. The summed E-state index contributed by atoms with van der Waals surface area (Å²) in [6.07, 6.45) is 1.25. The predicted octanol–water partition coefficient (Wildman–Crippen LogP) is 2.85. The molecule has 1 aliphatic rings. The number of sulfone groups is 1. The van der Waals surface area contributed by atoms with E-state index in [2.05, 4.69) is 5.73 Å². The number of rotatable bonds is 1. The molecule has 4 nitrogen and oxygen atoms in total. The van der Waals surface area contributed by atoms with Crippen molar-refractivity contribution < 1.29 is 8.42 Å². The van der Waals surface area contributed by atoms with Gasteiger partial charge in [0.1, 0.15) is 0 Å². The Morgan fingerprint density at radius 3 is 2.29 bits per heavy atom. The number of fused-ring (bicyclic) bond motifs is 1. The molecule has 0 saturated carbocycles. The van der Waals surface area contributed by atoms with Gasteiger partial charge in [-0.15, -0.1) is 0 Å². The van der Waals surface area contributed by atoms with Crippen molar-refractivity contribution in [1.29, 1.82) is 5.26 Å². The third kappa shape index (κ3) is 2.39. The SMILES string of the molecule is Cc1cccc(-c2c(C)ccc3c2S3(=O)=O)c1C.N#CN. The third-order valence-corrected chi connectivity index (χ3v) is 5.40. The molecule has 0 aliphatic carbocycles. The summed E-state index contributed by atoms with van der Waals surface area (Å²) < 4.78 is 23.7. The topological polar surface area (TPSA) is 84.0 Å². The van der Waals surface area contributed by atoms with Gasteiger partial charge in [0, 0.05) is 5.56 Å². The van der Waals surface area contributed by atoms with Gasteiger partial charge in [-0.2, -0.15) is 5.26 Å². The van der Waals surface area contributed by atoms with E-state index in [1.807, 2.05) is 45.0 Å². The van der Waals surface area contributed by atoms with Gasteiger partial charge in [0.2, 0.25) is 9.84 Å². The Morgan fingerprint density at radius 2 is 1.67 bits per heavy atom. The first kappa shape index (κ1) is 15.1. The molecule has 0 atom stereocenters. The molecule has 0 fully saturated rings. The Labute approximate surface area is 124 Å². The van der Waals surface area contributed by atoms with Crippen LogP contribution in [0.25, 0.3) is 11.1 Å². The van der Waals surface area contributed by atoms with Gasteiger partial charge in [-0.3, -0.25) is 0 Å². The molecule has 21 heavy (non-hydrogen) atoms. The highest BCUT2D eigenvalue weighted by Crippen LogP contribution is 2.49. The largest absolute Gasteiger partial charge is 0.337 e. The molecule has 3 rings (SSSR count). The quantitative estimate of drug-likeness (QED) is 0.425. The van der Waals surface area contributed by atoms with Crippen LogP contribution in [0.2, 0.25) is 0 Å². The van der Waals surface area contributed by atoms with Crippen LogP contribution in [0.3, 0.4) is 0 Å². The van der Waals surface area contributed by atoms with E-state index in [4.69, 9.17) is 5.26 Å². The van der Waals surface area contributed by atoms with Crippen LogP contribution in [0.5, 0.6) is 0 Å². The van der Waals surface area contributed by atoms with Crippen LogP contribution in [0.4, 0.5) is 0 Å². The first-order valence-corrected chi connectivity index (χ1v) is 7.89. The maximum Gasteiger partial charge on any atom is 0.209 e. The molecule has 2 N–H and O–H groups in total. The number of hydrogen-bond donors (Lipinski definition) is 1. The van der Waals surface area contributed by atoms with E-state index < -0.39 is 9.84 Å². The van der Waals surface area contributed by atoms with Crippen molar-refractivity contribution in [3.8, 4) is 17.3 Å². The summed E-state index contributed by atoms with van der Waals surface area (Å²) in [4.78, 5) is 1.01. The number of aryl methyl sites for hydroxylation is 2. The second-order valence-electron chi connectivity index (χ2n) is 4.96. The van der Waals surface area contributed by atoms with E-state index in [0.717, 1.165) is 22.3 Å². The summed E-state index contributed by atoms with van der Waals surface area (Å²) in [7, 11) is -3.11. The van der Waals surface area contributed by atoms with E-state index in [0.29, 0.717) is 9.79 Å². The van der Waals surface area contributed by atoms with Gasteiger partial charge in [-0.05, 0) is 49.1 Å². The van der Waals surface area contributed by atoms with Crippen LogP contribution >= 0.6 is 0 Å². The number of hydrogen-bond acceptors (Lipinski definition) is 4. The maximum absolute atomic E-state index is 11.9. The van der Waals surface area contributed by atoms with E-state index in [1.54, 1.807) is 6.07 Å². The minimum absolute atomic E-state index is 0.490. The molecule has 0 unspecified atom stereocenters. The minimum atomic E-state index is -3.11. The molecular formula is C16H16N2O2S. The molecule has 0 saturated heterocycles. The van der Waals surface area contributed by atoms with Crippen molar-refractivity contribution in [2.45, 2.75) is 30.6 Å². The van der Waals surface area contributed by atoms with Crippen molar-refractivity contribution in [1.82, 2.24) is 0 Å². The highest BCUT2D eigenvalue weighted by Gasteiger charge is 2.42. The average molecular weight is 300 g/mol. The predicted molar refractivity (Wildman–Crippen MR) is 81.3 cm³/mol. The lowest BCUT2D eigenvalue weighted by atomic mass is 9.94. The zero-order valence-electron chi connectivity index (χ0n) is 12.1. The van der Waals surface area contributed by atoms with Gasteiger partial charge >= 0.3 is 0 Å². The van der Waals surface area contributed by atoms with Gasteiger partial charge in [0.15, 0.2) is 6.19 Å². The lowest BCUT2D eigenvalue weighted by molar-refractivity contribution is 0.612. The molecule has 108 valence electrons. The molecule has 0 bridgehead atoms. The number of nitriles is 1. The summed E-state index contributed by atoms with van der Waals surface area (Å²) in [6, 6.07) is 9.61. The monoisotopic (exact) mass is 300 g/mol. The van der Waals surface area contributed by atoms with Gasteiger partial charge in [-0.25, -0.2) is 8.42 Å².